The number of hydrogen-bond donors (Lipinski definition) is 2. The van der Waals surface area contributed by atoms with Gasteiger partial charge < -0.3 is 19.9 Å². The molecular weight excluding hydrogens is 304 g/mol. The van der Waals surface area contributed by atoms with Crippen molar-refractivity contribution < 1.29 is 14.6 Å². The smallest absolute Gasteiger partial charge is 0.161 e. The number of aliphatic hydroxyl groups excluding tert-OH is 1. The van der Waals surface area contributed by atoms with Crippen LogP contribution >= 0.6 is 0 Å². The molecule has 126 valence electrons. The number of rotatable bonds is 8. The molecule has 0 aliphatic heterocycles. The number of nitrogens with one attached hydrogen (secondary N) is 1. The molecular formula is C19H22N2O3. The molecule has 2 aromatic rings. The Balaban J connectivity index is 2.00. The summed E-state index contributed by atoms with van der Waals surface area (Å²) in [4.78, 5) is 0. The van der Waals surface area contributed by atoms with Crippen molar-refractivity contribution in [3.63, 3.8) is 0 Å². The first-order valence-corrected chi connectivity index (χ1v) is 7.82. The van der Waals surface area contributed by atoms with Crippen molar-refractivity contribution in [2.75, 3.05) is 20.3 Å². The van der Waals surface area contributed by atoms with E-state index in [1.54, 1.807) is 7.11 Å². The Morgan fingerprint density at radius 3 is 2.54 bits per heavy atom. The van der Waals surface area contributed by atoms with E-state index in [-0.39, 0.29) is 19.3 Å². The van der Waals surface area contributed by atoms with Gasteiger partial charge >= 0.3 is 0 Å². The van der Waals surface area contributed by atoms with E-state index in [9.17, 15) is 0 Å². The molecule has 5 heteroatoms. The zero-order valence-corrected chi connectivity index (χ0v) is 14.0. The number of methoxy groups -OCH3 is 1. The molecule has 1 atom stereocenters. The van der Waals surface area contributed by atoms with Gasteiger partial charge in [-0.05, 0) is 42.3 Å². The minimum absolute atomic E-state index is 0.0343. The molecule has 0 radical (unpaired) electrons. The van der Waals surface area contributed by atoms with Crippen LogP contribution < -0.4 is 14.8 Å². The first-order valence-electron chi connectivity index (χ1n) is 7.82. The van der Waals surface area contributed by atoms with Crippen LogP contribution in [0.2, 0.25) is 0 Å². The van der Waals surface area contributed by atoms with E-state index >= 15 is 0 Å². The molecule has 0 saturated carbocycles. The van der Waals surface area contributed by atoms with Crippen molar-refractivity contribution in [1.29, 1.82) is 5.26 Å². The lowest BCUT2D eigenvalue weighted by molar-refractivity contribution is 0.196. The maximum absolute atomic E-state index is 8.85. The number of hydrogen-bond acceptors (Lipinski definition) is 5. The van der Waals surface area contributed by atoms with Gasteiger partial charge in [-0.1, -0.05) is 18.2 Å². The molecule has 0 spiro atoms. The molecule has 24 heavy (non-hydrogen) atoms. The molecule has 0 saturated heterocycles. The molecule has 0 fully saturated rings. The third-order valence-electron chi connectivity index (χ3n) is 3.73. The summed E-state index contributed by atoms with van der Waals surface area (Å²) in [5.74, 6) is 1.27. The fourth-order valence-electron chi connectivity index (χ4n) is 2.31. The molecule has 0 aliphatic rings. The van der Waals surface area contributed by atoms with Crippen molar-refractivity contribution in [1.82, 2.24) is 5.32 Å². The molecule has 0 heterocycles. The van der Waals surface area contributed by atoms with Gasteiger partial charge in [-0.25, -0.2) is 0 Å². The van der Waals surface area contributed by atoms with Gasteiger partial charge in [0.25, 0.3) is 0 Å². The van der Waals surface area contributed by atoms with Gasteiger partial charge in [0.2, 0.25) is 0 Å². The van der Waals surface area contributed by atoms with E-state index in [0.29, 0.717) is 23.6 Å². The van der Waals surface area contributed by atoms with Gasteiger partial charge in [0.05, 0.1) is 25.3 Å². The Labute approximate surface area is 142 Å². The fraction of sp³-hybridized carbons (Fsp3) is 0.316. The van der Waals surface area contributed by atoms with Crippen LogP contribution in [0.15, 0.2) is 42.5 Å². The first-order chi connectivity index (χ1) is 11.7. The Bertz CT molecular complexity index is 693. The van der Waals surface area contributed by atoms with Crippen LogP contribution in [-0.2, 0) is 6.54 Å². The average molecular weight is 326 g/mol. The summed E-state index contributed by atoms with van der Waals surface area (Å²) < 4.78 is 10.8. The molecule has 2 N–H and O–H groups in total. The molecule has 0 aliphatic carbocycles. The lowest BCUT2D eigenvalue weighted by atomic mass is 10.1. The fourth-order valence-corrected chi connectivity index (χ4v) is 2.31. The van der Waals surface area contributed by atoms with E-state index in [1.807, 2.05) is 42.5 Å². The number of nitriles is 1. The van der Waals surface area contributed by atoms with Crippen LogP contribution in [0.1, 0.15) is 29.7 Å². The molecule has 0 aromatic heterocycles. The Kier molecular flexibility index (Phi) is 6.62. The van der Waals surface area contributed by atoms with Gasteiger partial charge in [-0.2, -0.15) is 5.26 Å². The van der Waals surface area contributed by atoms with Crippen molar-refractivity contribution >= 4 is 0 Å². The molecule has 5 nitrogen and oxygen atoms in total. The summed E-state index contributed by atoms with van der Waals surface area (Å²) in [6.07, 6.45) is 0. The van der Waals surface area contributed by atoms with E-state index in [4.69, 9.17) is 19.8 Å². The molecule has 0 unspecified atom stereocenters. The number of ether oxygens (including phenoxy) is 2. The quantitative estimate of drug-likeness (QED) is 0.780. The summed E-state index contributed by atoms with van der Waals surface area (Å²) in [7, 11) is 1.60. The topological polar surface area (TPSA) is 74.5 Å². The molecule has 2 aromatic carbocycles. The van der Waals surface area contributed by atoms with Crippen LogP contribution in [0.3, 0.4) is 0 Å². The Hall–Kier alpha value is -2.55. The number of nitrogens with zero attached hydrogens (tertiary/aromatic N) is 1. The highest BCUT2D eigenvalue weighted by molar-refractivity contribution is 5.43. The second kappa shape index (κ2) is 8.92. The summed E-state index contributed by atoms with van der Waals surface area (Å²) in [6, 6.07) is 15.5. The van der Waals surface area contributed by atoms with Crippen LogP contribution in [-0.4, -0.2) is 25.4 Å². The second-order valence-corrected chi connectivity index (χ2v) is 5.39. The highest BCUT2D eigenvalue weighted by atomic mass is 16.5. The zero-order chi connectivity index (χ0) is 17.4. The molecule has 0 bridgehead atoms. The monoisotopic (exact) mass is 326 g/mol. The van der Waals surface area contributed by atoms with E-state index in [0.717, 1.165) is 11.1 Å². The third-order valence-corrected chi connectivity index (χ3v) is 3.73. The standard InChI is InChI=1S/C19H22N2O3/c1-14(21-13-16-5-3-15(12-20)4-6-16)17-7-8-18(24-10-9-22)19(11-17)23-2/h3-8,11,14,21-22H,9-10,13H2,1-2H3/t14-/m1/s1. The summed E-state index contributed by atoms with van der Waals surface area (Å²) >= 11 is 0. The van der Waals surface area contributed by atoms with E-state index in [1.165, 1.54) is 0 Å². The highest BCUT2D eigenvalue weighted by Gasteiger charge is 2.10. The Morgan fingerprint density at radius 2 is 1.92 bits per heavy atom. The lowest BCUT2D eigenvalue weighted by Crippen LogP contribution is -2.18. The minimum atomic E-state index is -0.0343. The van der Waals surface area contributed by atoms with E-state index in [2.05, 4.69) is 18.3 Å². The summed E-state index contributed by atoms with van der Waals surface area (Å²) in [5.41, 5.74) is 2.86. The average Bonchev–Trinajstić information content (AvgIpc) is 2.64. The molecule has 2 rings (SSSR count). The Morgan fingerprint density at radius 1 is 1.17 bits per heavy atom. The van der Waals surface area contributed by atoms with Crippen molar-refractivity contribution in [2.45, 2.75) is 19.5 Å². The summed E-state index contributed by atoms with van der Waals surface area (Å²) in [5, 5.41) is 21.1. The lowest BCUT2D eigenvalue weighted by Gasteiger charge is -2.17. The highest BCUT2D eigenvalue weighted by Crippen LogP contribution is 2.30. The van der Waals surface area contributed by atoms with Crippen molar-refractivity contribution in [2.24, 2.45) is 0 Å². The SMILES string of the molecule is COc1cc([C@@H](C)NCc2ccc(C#N)cc2)ccc1OCCO. The van der Waals surface area contributed by atoms with Crippen LogP contribution in [0, 0.1) is 11.3 Å². The van der Waals surface area contributed by atoms with Crippen molar-refractivity contribution in [3.05, 3.63) is 59.2 Å². The van der Waals surface area contributed by atoms with Crippen LogP contribution in [0.4, 0.5) is 0 Å². The number of benzene rings is 2. The van der Waals surface area contributed by atoms with Crippen LogP contribution in [0.25, 0.3) is 0 Å². The van der Waals surface area contributed by atoms with Gasteiger partial charge in [-0.3, -0.25) is 0 Å². The first kappa shape index (κ1) is 17.8. The van der Waals surface area contributed by atoms with Crippen LogP contribution in [0.5, 0.6) is 11.5 Å². The van der Waals surface area contributed by atoms with Gasteiger partial charge in [0.1, 0.15) is 6.61 Å². The predicted octanol–water partition coefficient (Wildman–Crippen LogP) is 2.79. The van der Waals surface area contributed by atoms with Gasteiger partial charge in [0.15, 0.2) is 11.5 Å². The maximum atomic E-state index is 8.85. The van der Waals surface area contributed by atoms with E-state index < -0.39 is 0 Å². The molecule has 0 amide bonds. The second-order valence-electron chi connectivity index (χ2n) is 5.39. The third kappa shape index (κ3) is 4.72. The zero-order valence-electron chi connectivity index (χ0n) is 14.0. The largest absolute Gasteiger partial charge is 0.493 e. The minimum Gasteiger partial charge on any atom is -0.493 e. The maximum Gasteiger partial charge on any atom is 0.161 e. The normalized spacial score (nSPS) is 11.6. The van der Waals surface area contributed by atoms with Gasteiger partial charge in [0, 0.05) is 12.6 Å². The number of aliphatic hydroxyl groups is 1. The summed E-state index contributed by atoms with van der Waals surface area (Å²) in [6.45, 7) is 2.99. The van der Waals surface area contributed by atoms with Gasteiger partial charge in [-0.15, -0.1) is 0 Å². The van der Waals surface area contributed by atoms with Crippen molar-refractivity contribution in [3.8, 4) is 17.6 Å². The predicted molar refractivity (Wildman–Crippen MR) is 92.0 cm³/mol.